The molecule has 4 rings (SSSR count). The van der Waals surface area contributed by atoms with Crippen molar-refractivity contribution in [3.05, 3.63) is 53.6 Å². The van der Waals surface area contributed by atoms with Crippen LogP contribution in [0.4, 0.5) is 5.82 Å². The molecule has 3 heterocycles. The van der Waals surface area contributed by atoms with Gasteiger partial charge in [0, 0.05) is 44.0 Å². The summed E-state index contributed by atoms with van der Waals surface area (Å²) in [6.07, 6.45) is 7.07. The second kappa shape index (κ2) is 6.96. The summed E-state index contributed by atoms with van der Waals surface area (Å²) < 4.78 is 1.86. The minimum atomic E-state index is -0.0780. The molecule has 0 saturated carbocycles. The van der Waals surface area contributed by atoms with Crippen molar-refractivity contribution in [3.63, 3.8) is 0 Å². The van der Waals surface area contributed by atoms with Gasteiger partial charge in [0.05, 0.1) is 16.7 Å². The molecular weight excluding hydrogens is 350 g/mol. The van der Waals surface area contributed by atoms with Crippen LogP contribution >= 0.6 is 11.6 Å². The Morgan fingerprint density at radius 1 is 1.35 bits per heavy atom. The number of aromatic nitrogens is 3. The predicted octanol–water partition coefficient (Wildman–Crippen LogP) is 3.02. The summed E-state index contributed by atoms with van der Waals surface area (Å²) in [5.41, 5.74) is 1.49. The van der Waals surface area contributed by atoms with Crippen LogP contribution in [0.1, 0.15) is 23.3 Å². The summed E-state index contributed by atoms with van der Waals surface area (Å²) in [5, 5.41) is 4.78. The number of hydrogen-bond acceptors (Lipinski definition) is 4. The van der Waals surface area contributed by atoms with Gasteiger partial charge in [0.2, 0.25) is 0 Å². The third kappa shape index (κ3) is 3.12. The van der Waals surface area contributed by atoms with Gasteiger partial charge in [0.15, 0.2) is 0 Å². The van der Waals surface area contributed by atoms with E-state index in [1.165, 1.54) is 0 Å². The van der Waals surface area contributed by atoms with Crippen LogP contribution in [0.5, 0.6) is 0 Å². The molecule has 1 aliphatic heterocycles. The molecular formula is C19H20ClN5O. The molecule has 2 aromatic heterocycles. The Kier molecular flexibility index (Phi) is 4.51. The number of carbonyl (C=O) groups excluding carboxylic acids is 1. The lowest BCUT2D eigenvalue weighted by Crippen LogP contribution is -2.48. The number of hydrogen-bond donors (Lipinski definition) is 1. The maximum atomic E-state index is 12.8. The smallest absolute Gasteiger partial charge is 0.268 e. The fraction of sp³-hybridized carbons (Fsp3) is 0.316. The first-order valence-corrected chi connectivity index (χ1v) is 9.07. The van der Waals surface area contributed by atoms with E-state index < -0.39 is 0 Å². The topological polar surface area (TPSA) is 63.1 Å². The van der Waals surface area contributed by atoms with Gasteiger partial charge in [-0.1, -0.05) is 23.7 Å². The fourth-order valence-corrected chi connectivity index (χ4v) is 3.91. The lowest BCUT2D eigenvalue weighted by atomic mass is 10.1. The van der Waals surface area contributed by atoms with E-state index in [-0.39, 0.29) is 11.9 Å². The van der Waals surface area contributed by atoms with Gasteiger partial charge in [-0.15, -0.1) is 0 Å². The molecule has 6 nitrogen and oxygen atoms in total. The fourth-order valence-electron chi connectivity index (χ4n) is 3.60. The number of piperidine rings is 1. The van der Waals surface area contributed by atoms with Gasteiger partial charge >= 0.3 is 0 Å². The van der Waals surface area contributed by atoms with Gasteiger partial charge in [-0.25, -0.2) is 4.98 Å². The van der Waals surface area contributed by atoms with E-state index >= 15 is 0 Å². The highest BCUT2D eigenvalue weighted by Gasteiger charge is 2.24. The molecule has 1 atom stereocenters. The quantitative estimate of drug-likeness (QED) is 0.770. The van der Waals surface area contributed by atoms with E-state index in [9.17, 15) is 4.79 Å². The van der Waals surface area contributed by atoms with Crippen molar-refractivity contribution >= 4 is 34.2 Å². The summed E-state index contributed by atoms with van der Waals surface area (Å²) in [4.78, 5) is 23.5. The maximum Gasteiger partial charge on any atom is 0.268 e. The summed E-state index contributed by atoms with van der Waals surface area (Å²) in [6, 6.07) is 7.66. The van der Waals surface area contributed by atoms with Crippen molar-refractivity contribution < 1.29 is 4.79 Å². The minimum absolute atomic E-state index is 0.0757. The highest BCUT2D eigenvalue weighted by atomic mass is 35.5. The van der Waals surface area contributed by atoms with Gasteiger partial charge in [-0.05, 0) is 25.0 Å². The number of anilines is 1. The van der Waals surface area contributed by atoms with Crippen molar-refractivity contribution in [2.45, 2.75) is 18.9 Å². The van der Waals surface area contributed by atoms with Crippen LogP contribution in [0.15, 0.2) is 42.9 Å². The van der Waals surface area contributed by atoms with Crippen LogP contribution in [-0.2, 0) is 7.05 Å². The average Bonchev–Trinajstić information content (AvgIpc) is 3.01. The van der Waals surface area contributed by atoms with Crippen LogP contribution in [0.3, 0.4) is 0 Å². The molecule has 0 aliphatic carbocycles. The number of rotatable bonds is 3. The van der Waals surface area contributed by atoms with Crippen molar-refractivity contribution in [1.82, 2.24) is 19.9 Å². The Labute approximate surface area is 156 Å². The van der Waals surface area contributed by atoms with Crippen molar-refractivity contribution in [2.24, 2.45) is 7.05 Å². The van der Waals surface area contributed by atoms with Crippen molar-refractivity contribution in [1.29, 1.82) is 0 Å². The number of benzene rings is 1. The molecule has 1 fully saturated rings. The first kappa shape index (κ1) is 16.8. The molecule has 3 aromatic rings. The molecule has 7 heteroatoms. The Morgan fingerprint density at radius 3 is 3.00 bits per heavy atom. The SMILES string of the molecule is Cn1c(C(=O)N[C@@H]2CCCN(c3cnccn3)C2)cc2cccc(Cl)c21. The third-order valence-electron chi connectivity index (χ3n) is 4.87. The van der Waals surface area contributed by atoms with Gasteiger partial charge < -0.3 is 14.8 Å². The van der Waals surface area contributed by atoms with Crippen LogP contribution in [-0.4, -0.2) is 39.6 Å². The first-order valence-electron chi connectivity index (χ1n) is 8.69. The Balaban J connectivity index is 1.51. The molecule has 1 amide bonds. The zero-order valence-corrected chi connectivity index (χ0v) is 15.3. The van der Waals surface area contributed by atoms with Gasteiger partial charge in [-0.2, -0.15) is 0 Å². The number of nitrogens with zero attached hydrogens (tertiary/aromatic N) is 4. The van der Waals surface area contributed by atoms with Gasteiger partial charge in [-0.3, -0.25) is 9.78 Å². The molecule has 1 saturated heterocycles. The summed E-state index contributed by atoms with van der Waals surface area (Å²) in [6.45, 7) is 1.66. The summed E-state index contributed by atoms with van der Waals surface area (Å²) in [5.74, 6) is 0.772. The lowest BCUT2D eigenvalue weighted by Gasteiger charge is -2.33. The lowest BCUT2D eigenvalue weighted by molar-refractivity contribution is 0.0925. The average molecular weight is 370 g/mol. The van der Waals surface area contributed by atoms with E-state index in [4.69, 9.17) is 11.6 Å². The molecule has 1 aromatic carbocycles. The van der Waals surface area contributed by atoms with E-state index in [1.54, 1.807) is 18.6 Å². The zero-order chi connectivity index (χ0) is 18.1. The minimum Gasteiger partial charge on any atom is -0.353 e. The second-order valence-corrected chi connectivity index (χ2v) is 7.00. The Morgan fingerprint density at radius 2 is 2.23 bits per heavy atom. The molecule has 0 radical (unpaired) electrons. The molecule has 0 spiro atoms. The van der Waals surface area contributed by atoms with Crippen LogP contribution in [0.2, 0.25) is 5.02 Å². The van der Waals surface area contributed by atoms with E-state index in [1.807, 2.05) is 35.9 Å². The van der Waals surface area contributed by atoms with Crippen LogP contribution in [0, 0.1) is 0 Å². The highest BCUT2D eigenvalue weighted by molar-refractivity contribution is 6.35. The first-order chi connectivity index (χ1) is 12.6. The van der Waals surface area contributed by atoms with Crippen LogP contribution in [0.25, 0.3) is 10.9 Å². The normalized spacial score (nSPS) is 17.5. The summed E-state index contributed by atoms with van der Waals surface area (Å²) in [7, 11) is 1.87. The number of nitrogens with one attached hydrogen (secondary N) is 1. The Hall–Kier alpha value is -2.60. The monoisotopic (exact) mass is 369 g/mol. The number of amides is 1. The van der Waals surface area contributed by atoms with Crippen molar-refractivity contribution in [2.75, 3.05) is 18.0 Å². The molecule has 134 valence electrons. The van der Waals surface area contributed by atoms with Crippen LogP contribution < -0.4 is 10.2 Å². The molecule has 0 unspecified atom stereocenters. The standard InChI is InChI=1S/C19H20ClN5O/c1-24-16(10-13-4-2-6-15(20)18(13)24)19(26)23-14-5-3-9-25(12-14)17-11-21-7-8-22-17/h2,4,6-8,10-11,14H,3,5,9,12H2,1H3,(H,23,26)/t14-/m1/s1. The largest absolute Gasteiger partial charge is 0.353 e. The van der Waals surface area contributed by atoms with Gasteiger partial charge in [0.1, 0.15) is 11.5 Å². The summed E-state index contributed by atoms with van der Waals surface area (Å²) >= 11 is 6.29. The van der Waals surface area contributed by atoms with E-state index in [0.717, 1.165) is 42.7 Å². The van der Waals surface area contributed by atoms with Gasteiger partial charge in [0.25, 0.3) is 5.91 Å². The Bertz CT molecular complexity index is 940. The van der Waals surface area contributed by atoms with E-state index in [2.05, 4.69) is 20.2 Å². The second-order valence-electron chi connectivity index (χ2n) is 6.59. The number of para-hydroxylation sites is 1. The van der Waals surface area contributed by atoms with E-state index in [0.29, 0.717) is 10.7 Å². The molecule has 26 heavy (non-hydrogen) atoms. The molecule has 1 aliphatic rings. The predicted molar refractivity (Wildman–Crippen MR) is 103 cm³/mol. The number of halogens is 1. The number of aryl methyl sites for hydroxylation is 1. The molecule has 1 N–H and O–H groups in total. The molecule has 0 bridgehead atoms. The maximum absolute atomic E-state index is 12.8. The third-order valence-corrected chi connectivity index (χ3v) is 5.17. The number of fused-ring (bicyclic) bond motifs is 1. The highest BCUT2D eigenvalue weighted by Crippen LogP contribution is 2.26. The zero-order valence-electron chi connectivity index (χ0n) is 14.5. The number of carbonyl (C=O) groups is 1. The van der Waals surface area contributed by atoms with Crippen molar-refractivity contribution in [3.8, 4) is 0 Å².